The van der Waals surface area contributed by atoms with E-state index in [4.69, 9.17) is 5.73 Å². The summed E-state index contributed by atoms with van der Waals surface area (Å²) in [6.07, 6.45) is 8.80. The molecule has 0 aromatic carbocycles. The largest absolute Gasteiger partial charge is 0.327 e. The van der Waals surface area contributed by atoms with Gasteiger partial charge in [0.25, 0.3) is 0 Å². The lowest BCUT2D eigenvalue weighted by atomic mass is 10.1. The number of nitrogens with two attached hydrogens (primary N) is 1. The van der Waals surface area contributed by atoms with Crippen LogP contribution in [0.5, 0.6) is 0 Å². The number of nitrogens with one attached hydrogen (secondary N) is 1. The second-order valence-corrected chi connectivity index (χ2v) is 2.47. The number of allylic oxidation sites excluding steroid dienone is 3. The topological polar surface area (TPSA) is 38.0 Å². The summed E-state index contributed by atoms with van der Waals surface area (Å²) < 4.78 is 0. The summed E-state index contributed by atoms with van der Waals surface area (Å²) in [6, 6.07) is 0. The van der Waals surface area contributed by atoms with Crippen molar-refractivity contribution in [2.24, 2.45) is 5.73 Å². The molecule has 0 spiro atoms. The normalized spacial score (nSPS) is 12.3. The van der Waals surface area contributed by atoms with Gasteiger partial charge in [0.1, 0.15) is 0 Å². The molecule has 0 atom stereocenters. The lowest BCUT2D eigenvalue weighted by Gasteiger charge is -1.99. The van der Waals surface area contributed by atoms with Gasteiger partial charge in [-0.1, -0.05) is 30.9 Å². The molecule has 0 amide bonds. The third-order valence-corrected chi connectivity index (χ3v) is 1.46. The SMILES string of the molecule is C=C/C=C(\C=C/CN)CCNC. The van der Waals surface area contributed by atoms with Crippen molar-refractivity contribution in [3.63, 3.8) is 0 Å². The molecule has 0 aliphatic carbocycles. The van der Waals surface area contributed by atoms with Crippen LogP contribution in [0.3, 0.4) is 0 Å². The molecule has 0 aliphatic rings. The highest BCUT2D eigenvalue weighted by Gasteiger charge is 1.88. The molecule has 12 heavy (non-hydrogen) atoms. The van der Waals surface area contributed by atoms with Gasteiger partial charge in [0.15, 0.2) is 0 Å². The summed E-state index contributed by atoms with van der Waals surface area (Å²) in [7, 11) is 1.94. The fraction of sp³-hybridized carbons (Fsp3) is 0.400. The third kappa shape index (κ3) is 5.89. The molecule has 0 unspecified atom stereocenters. The quantitative estimate of drug-likeness (QED) is 0.582. The Morgan fingerprint density at radius 2 is 2.33 bits per heavy atom. The van der Waals surface area contributed by atoms with Gasteiger partial charge < -0.3 is 11.1 Å². The van der Waals surface area contributed by atoms with Crippen molar-refractivity contribution < 1.29 is 0 Å². The van der Waals surface area contributed by atoms with Crippen LogP contribution in [0.4, 0.5) is 0 Å². The number of hydrogen-bond acceptors (Lipinski definition) is 2. The minimum absolute atomic E-state index is 0.591. The molecule has 0 aromatic rings. The van der Waals surface area contributed by atoms with Gasteiger partial charge in [-0.2, -0.15) is 0 Å². The van der Waals surface area contributed by atoms with Crippen molar-refractivity contribution in [3.8, 4) is 0 Å². The molecule has 0 radical (unpaired) electrons. The predicted molar refractivity (Wildman–Crippen MR) is 55.0 cm³/mol. The first kappa shape index (κ1) is 11.1. The summed E-state index contributed by atoms with van der Waals surface area (Å²) in [5.74, 6) is 0. The molecule has 0 fully saturated rings. The second kappa shape index (κ2) is 8.24. The van der Waals surface area contributed by atoms with Crippen LogP contribution in [0.25, 0.3) is 0 Å². The van der Waals surface area contributed by atoms with Crippen LogP contribution in [-0.4, -0.2) is 20.1 Å². The first-order valence-corrected chi connectivity index (χ1v) is 4.18. The monoisotopic (exact) mass is 166 g/mol. The molecule has 0 heterocycles. The highest BCUT2D eigenvalue weighted by molar-refractivity contribution is 5.23. The van der Waals surface area contributed by atoms with E-state index in [-0.39, 0.29) is 0 Å². The first-order chi connectivity index (χ1) is 5.85. The maximum atomic E-state index is 5.35. The standard InChI is InChI=1S/C10H18N2/c1-3-5-10(6-4-8-11)7-9-12-2/h3-6,12H,1,7-9,11H2,2H3/b6-4-,10-5+. The Labute approximate surface area is 74.8 Å². The van der Waals surface area contributed by atoms with Gasteiger partial charge in [-0.3, -0.25) is 0 Å². The van der Waals surface area contributed by atoms with Gasteiger partial charge in [-0.05, 0) is 25.6 Å². The minimum Gasteiger partial charge on any atom is -0.327 e. The molecule has 0 aromatic heterocycles. The Balaban J connectivity index is 3.95. The number of rotatable bonds is 6. The van der Waals surface area contributed by atoms with Crippen molar-refractivity contribution in [1.82, 2.24) is 5.32 Å². The summed E-state index contributed by atoms with van der Waals surface area (Å²) in [5.41, 5.74) is 6.60. The van der Waals surface area contributed by atoms with Gasteiger partial charge in [0.05, 0.1) is 0 Å². The Hall–Kier alpha value is -0.860. The fourth-order valence-electron chi connectivity index (χ4n) is 0.862. The smallest absolute Gasteiger partial charge is 0.0110 e. The molecule has 0 bridgehead atoms. The lowest BCUT2D eigenvalue weighted by Crippen LogP contribution is -2.07. The van der Waals surface area contributed by atoms with Crippen LogP contribution in [0.1, 0.15) is 6.42 Å². The summed E-state index contributed by atoms with van der Waals surface area (Å²) in [6.45, 7) is 5.23. The average Bonchev–Trinajstić information content (AvgIpc) is 2.10. The third-order valence-electron chi connectivity index (χ3n) is 1.46. The minimum atomic E-state index is 0.591. The summed E-state index contributed by atoms with van der Waals surface area (Å²) >= 11 is 0. The predicted octanol–water partition coefficient (Wildman–Crippen LogP) is 1.22. The molecule has 0 saturated carbocycles. The van der Waals surface area contributed by atoms with Crippen LogP contribution in [0, 0.1) is 0 Å². The maximum absolute atomic E-state index is 5.35. The molecular formula is C10H18N2. The second-order valence-electron chi connectivity index (χ2n) is 2.47. The zero-order valence-corrected chi connectivity index (χ0v) is 7.72. The van der Waals surface area contributed by atoms with Gasteiger partial charge in [0.2, 0.25) is 0 Å². The molecule has 2 nitrogen and oxygen atoms in total. The van der Waals surface area contributed by atoms with E-state index in [1.807, 2.05) is 25.3 Å². The first-order valence-electron chi connectivity index (χ1n) is 4.18. The van der Waals surface area contributed by atoms with Crippen molar-refractivity contribution >= 4 is 0 Å². The van der Waals surface area contributed by atoms with E-state index in [0.29, 0.717) is 6.54 Å². The van der Waals surface area contributed by atoms with Crippen molar-refractivity contribution in [3.05, 3.63) is 36.5 Å². The van der Waals surface area contributed by atoms with E-state index in [0.717, 1.165) is 13.0 Å². The van der Waals surface area contributed by atoms with Crippen molar-refractivity contribution in [2.75, 3.05) is 20.1 Å². The molecule has 2 heteroatoms. The Morgan fingerprint density at radius 1 is 1.58 bits per heavy atom. The van der Waals surface area contributed by atoms with Crippen molar-refractivity contribution in [2.45, 2.75) is 6.42 Å². The Morgan fingerprint density at radius 3 is 2.83 bits per heavy atom. The van der Waals surface area contributed by atoms with Gasteiger partial charge >= 0.3 is 0 Å². The summed E-state index contributed by atoms with van der Waals surface area (Å²) in [5, 5.41) is 3.09. The number of hydrogen-bond donors (Lipinski definition) is 2. The highest BCUT2D eigenvalue weighted by Crippen LogP contribution is 2.01. The van der Waals surface area contributed by atoms with Gasteiger partial charge in [-0.15, -0.1) is 0 Å². The van der Waals surface area contributed by atoms with Gasteiger partial charge in [-0.25, -0.2) is 0 Å². The Bertz CT molecular complexity index is 169. The Kier molecular flexibility index (Phi) is 7.65. The zero-order valence-electron chi connectivity index (χ0n) is 7.72. The van der Waals surface area contributed by atoms with Crippen LogP contribution in [0.15, 0.2) is 36.5 Å². The fourth-order valence-corrected chi connectivity index (χ4v) is 0.862. The van der Waals surface area contributed by atoms with E-state index in [1.165, 1.54) is 5.57 Å². The molecule has 3 N–H and O–H groups in total. The molecule has 0 saturated heterocycles. The van der Waals surface area contributed by atoms with Crippen LogP contribution in [0.2, 0.25) is 0 Å². The van der Waals surface area contributed by atoms with Crippen LogP contribution >= 0.6 is 0 Å². The van der Waals surface area contributed by atoms with E-state index >= 15 is 0 Å². The lowest BCUT2D eigenvalue weighted by molar-refractivity contribution is 0.794. The average molecular weight is 166 g/mol. The van der Waals surface area contributed by atoms with E-state index < -0.39 is 0 Å². The van der Waals surface area contributed by atoms with E-state index in [9.17, 15) is 0 Å². The maximum Gasteiger partial charge on any atom is 0.0110 e. The van der Waals surface area contributed by atoms with Crippen molar-refractivity contribution in [1.29, 1.82) is 0 Å². The van der Waals surface area contributed by atoms with Gasteiger partial charge in [0, 0.05) is 6.54 Å². The summed E-state index contributed by atoms with van der Waals surface area (Å²) in [4.78, 5) is 0. The molecule has 68 valence electrons. The van der Waals surface area contributed by atoms with E-state index in [2.05, 4.69) is 11.9 Å². The molecule has 0 aliphatic heterocycles. The van der Waals surface area contributed by atoms with E-state index in [1.54, 1.807) is 6.08 Å². The zero-order chi connectivity index (χ0) is 9.23. The van der Waals surface area contributed by atoms with Crippen LogP contribution in [-0.2, 0) is 0 Å². The molecule has 0 rings (SSSR count). The molecular weight excluding hydrogens is 148 g/mol. The van der Waals surface area contributed by atoms with Crippen LogP contribution < -0.4 is 11.1 Å². The highest BCUT2D eigenvalue weighted by atomic mass is 14.8.